The zero-order chi connectivity index (χ0) is 22.2. The molecule has 0 unspecified atom stereocenters. The molecule has 5 rings (SSSR count). The van der Waals surface area contributed by atoms with Crippen molar-refractivity contribution in [2.24, 2.45) is 0 Å². The van der Waals surface area contributed by atoms with E-state index in [1.54, 1.807) is 23.6 Å². The minimum absolute atomic E-state index is 0.219. The molecule has 5 nitrogen and oxygen atoms in total. The van der Waals surface area contributed by atoms with Gasteiger partial charge in [0.15, 0.2) is 5.13 Å². The molecule has 0 amide bonds. The fourth-order valence-electron chi connectivity index (χ4n) is 4.04. The molecule has 0 fully saturated rings. The molecule has 0 saturated carbocycles. The lowest BCUT2D eigenvalue weighted by atomic mass is 10.0. The first kappa shape index (κ1) is 20.6. The highest BCUT2D eigenvalue weighted by Gasteiger charge is 2.19. The number of halogens is 1. The van der Waals surface area contributed by atoms with Crippen molar-refractivity contribution in [3.63, 3.8) is 0 Å². The zero-order valence-corrected chi connectivity index (χ0v) is 18.7. The molecular weight excluding hydrogens is 423 g/mol. The van der Waals surface area contributed by atoms with Crippen LogP contribution in [0.2, 0.25) is 0 Å². The van der Waals surface area contributed by atoms with Gasteiger partial charge >= 0.3 is 0 Å². The van der Waals surface area contributed by atoms with Gasteiger partial charge in [-0.3, -0.25) is 4.79 Å². The number of fused-ring (bicyclic) bond motifs is 6. The average Bonchev–Trinajstić information content (AvgIpc) is 3.23. The van der Waals surface area contributed by atoms with Crippen LogP contribution in [0, 0.1) is 5.82 Å². The van der Waals surface area contributed by atoms with Crippen LogP contribution < -0.4 is 10.5 Å². The summed E-state index contributed by atoms with van der Waals surface area (Å²) in [4.78, 5) is 24.9. The summed E-state index contributed by atoms with van der Waals surface area (Å²) in [7, 11) is 4.11. The molecule has 0 aliphatic heterocycles. The van der Waals surface area contributed by atoms with E-state index in [9.17, 15) is 9.18 Å². The molecule has 5 aromatic rings. The van der Waals surface area contributed by atoms with Crippen LogP contribution in [0.1, 0.15) is 5.56 Å². The first-order valence-corrected chi connectivity index (χ1v) is 11.3. The van der Waals surface area contributed by atoms with Gasteiger partial charge in [0, 0.05) is 42.0 Å². The van der Waals surface area contributed by atoms with Crippen LogP contribution in [0.3, 0.4) is 0 Å². The minimum Gasteiger partial charge on any atom is -0.342 e. The minimum atomic E-state index is -0.367. The normalized spacial score (nSPS) is 11.8. The second-order valence-corrected chi connectivity index (χ2v) is 9.15. The summed E-state index contributed by atoms with van der Waals surface area (Å²) >= 11 is 1.58. The van der Waals surface area contributed by atoms with Crippen molar-refractivity contribution in [2.45, 2.75) is 6.54 Å². The first-order valence-electron chi connectivity index (χ1n) is 10.5. The van der Waals surface area contributed by atoms with Gasteiger partial charge in [-0.1, -0.05) is 41.7 Å². The Morgan fingerprint density at radius 2 is 1.81 bits per heavy atom. The molecule has 7 heteroatoms. The van der Waals surface area contributed by atoms with Crippen molar-refractivity contribution in [2.75, 3.05) is 32.1 Å². The smallest absolute Gasteiger partial charge is 0.256 e. The largest absolute Gasteiger partial charge is 0.342 e. The number of thiazole rings is 1. The van der Waals surface area contributed by atoms with E-state index in [2.05, 4.69) is 41.0 Å². The summed E-state index contributed by atoms with van der Waals surface area (Å²) in [6, 6.07) is 16.8. The van der Waals surface area contributed by atoms with Crippen molar-refractivity contribution < 1.29 is 4.39 Å². The van der Waals surface area contributed by atoms with E-state index in [1.165, 1.54) is 17.7 Å². The highest BCUT2D eigenvalue weighted by Crippen LogP contribution is 2.39. The summed E-state index contributed by atoms with van der Waals surface area (Å²) in [5, 5.41) is 3.59. The number of pyridine rings is 1. The third-order valence-electron chi connectivity index (χ3n) is 5.63. The molecule has 0 aliphatic carbocycles. The Morgan fingerprint density at radius 1 is 1.00 bits per heavy atom. The number of nitrogens with zero attached hydrogens (tertiary/aromatic N) is 3. The van der Waals surface area contributed by atoms with E-state index in [0.717, 1.165) is 45.8 Å². The van der Waals surface area contributed by atoms with Crippen molar-refractivity contribution in [1.82, 2.24) is 14.9 Å². The lowest BCUT2D eigenvalue weighted by Crippen LogP contribution is -2.31. The molecule has 1 N–H and O–H groups in total. The zero-order valence-electron chi connectivity index (χ0n) is 17.9. The van der Waals surface area contributed by atoms with Crippen LogP contribution in [0.4, 0.5) is 9.52 Å². The van der Waals surface area contributed by atoms with E-state index >= 15 is 0 Å². The Morgan fingerprint density at radius 3 is 2.59 bits per heavy atom. The SMILES string of the molecule is CN(C)CCN(Cc1ccccc1)c1nc2c3ccc(F)cc3c3c(=O)[nH]ccc3c2s1. The Hall–Kier alpha value is -3.29. The standard InChI is InChI=1S/C25H23FN4OS/c1-29(2)12-13-30(15-16-6-4-3-5-7-16)25-28-22-18-9-8-17(26)14-20(18)21-19(23(22)32-25)10-11-27-24(21)31/h3-11,14H,12-13,15H2,1-2H3,(H,27,31). The van der Waals surface area contributed by atoms with Crippen LogP contribution in [-0.4, -0.2) is 42.1 Å². The highest BCUT2D eigenvalue weighted by molar-refractivity contribution is 7.23. The second kappa shape index (κ2) is 8.33. The number of hydrogen-bond acceptors (Lipinski definition) is 5. The molecular formula is C25H23FN4OS. The van der Waals surface area contributed by atoms with Gasteiger partial charge in [0.1, 0.15) is 5.82 Å². The molecule has 0 radical (unpaired) electrons. The van der Waals surface area contributed by atoms with Crippen LogP contribution in [0.25, 0.3) is 31.8 Å². The van der Waals surface area contributed by atoms with Gasteiger partial charge in [-0.05, 0) is 43.9 Å². The van der Waals surface area contributed by atoms with E-state index < -0.39 is 0 Å². The number of aromatic nitrogens is 2. The van der Waals surface area contributed by atoms with Crippen molar-refractivity contribution in [3.8, 4) is 0 Å². The van der Waals surface area contributed by atoms with Gasteiger partial charge < -0.3 is 14.8 Å². The molecule has 0 atom stereocenters. The number of likely N-dealkylation sites (N-methyl/N-ethyl adjacent to an activating group) is 1. The lowest BCUT2D eigenvalue weighted by Gasteiger charge is -2.23. The topological polar surface area (TPSA) is 52.2 Å². The van der Waals surface area contributed by atoms with Gasteiger partial charge in [0.05, 0.1) is 15.6 Å². The Labute approximate surface area is 188 Å². The predicted octanol–water partition coefficient (Wildman–Crippen LogP) is 5.00. The van der Waals surface area contributed by atoms with E-state index in [1.807, 2.05) is 24.3 Å². The van der Waals surface area contributed by atoms with Crippen molar-refractivity contribution in [3.05, 3.63) is 82.5 Å². The summed E-state index contributed by atoms with van der Waals surface area (Å²) in [5.74, 6) is -0.367. The van der Waals surface area contributed by atoms with Gasteiger partial charge in [-0.25, -0.2) is 9.37 Å². The number of hydrogen-bond donors (Lipinski definition) is 1. The van der Waals surface area contributed by atoms with Crippen LogP contribution >= 0.6 is 11.3 Å². The third kappa shape index (κ3) is 3.74. The summed E-state index contributed by atoms with van der Waals surface area (Å²) in [5.41, 5.74) is 1.79. The number of anilines is 1. The van der Waals surface area contributed by atoms with Crippen molar-refractivity contribution in [1.29, 1.82) is 0 Å². The van der Waals surface area contributed by atoms with E-state index in [-0.39, 0.29) is 11.4 Å². The predicted molar refractivity (Wildman–Crippen MR) is 131 cm³/mol. The molecule has 32 heavy (non-hydrogen) atoms. The number of H-pyrrole nitrogens is 1. The van der Waals surface area contributed by atoms with E-state index in [0.29, 0.717) is 10.8 Å². The third-order valence-corrected chi connectivity index (χ3v) is 6.78. The Kier molecular flexibility index (Phi) is 5.36. The van der Waals surface area contributed by atoms with E-state index in [4.69, 9.17) is 4.98 Å². The molecule has 0 aliphatic rings. The maximum Gasteiger partial charge on any atom is 0.256 e. The average molecular weight is 447 g/mol. The van der Waals surface area contributed by atoms with Gasteiger partial charge in [-0.15, -0.1) is 0 Å². The fourth-order valence-corrected chi connectivity index (χ4v) is 5.18. The van der Waals surface area contributed by atoms with Gasteiger partial charge in [0.2, 0.25) is 0 Å². The number of aromatic amines is 1. The Balaban J connectivity index is 1.73. The molecule has 3 aromatic carbocycles. The number of nitrogens with one attached hydrogen (secondary N) is 1. The fraction of sp³-hybridized carbons (Fsp3) is 0.200. The van der Waals surface area contributed by atoms with Crippen molar-refractivity contribution >= 4 is 48.2 Å². The van der Waals surface area contributed by atoms with Crippen LogP contribution in [0.5, 0.6) is 0 Å². The summed E-state index contributed by atoms with van der Waals surface area (Å²) in [6.45, 7) is 2.43. The molecule has 2 heterocycles. The second-order valence-electron chi connectivity index (χ2n) is 8.17. The Bertz CT molecular complexity index is 1480. The quantitative estimate of drug-likeness (QED) is 0.373. The van der Waals surface area contributed by atoms with Crippen LogP contribution in [-0.2, 0) is 6.54 Å². The van der Waals surface area contributed by atoms with Gasteiger partial charge in [0.25, 0.3) is 5.56 Å². The van der Waals surface area contributed by atoms with Crippen LogP contribution in [0.15, 0.2) is 65.6 Å². The summed E-state index contributed by atoms with van der Waals surface area (Å²) in [6.07, 6.45) is 1.64. The molecule has 2 aromatic heterocycles. The number of rotatable bonds is 6. The summed E-state index contributed by atoms with van der Waals surface area (Å²) < 4.78 is 15.1. The molecule has 162 valence electrons. The molecule has 0 saturated heterocycles. The molecule has 0 bridgehead atoms. The van der Waals surface area contributed by atoms with Gasteiger partial charge in [-0.2, -0.15) is 0 Å². The highest BCUT2D eigenvalue weighted by atomic mass is 32.1. The monoisotopic (exact) mass is 446 g/mol. The maximum absolute atomic E-state index is 14.1. The maximum atomic E-state index is 14.1. The molecule has 0 spiro atoms. The number of benzene rings is 3. The lowest BCUT2D eigenvalue weighted by molar-refractivity contribution is 0.412. The first-order chi connectivity index (χ1) is 15.5.